The summed E-state index contributed by atoms with van der Waals surface area (Å²) in [7, 11) is -3.74. The molecule has 0 heterocycles. The van der Waals surface area contributed by atoms with E-state index in [1.54, 1.807) is 30.9 Å². The first-order valence-electron chi connectivity index (χ1n) is 5.74. The molecule has 106 valence electrons. The summed E-state index contributed by atoms with van der Waals surface area (Å²) in [6.45, 7) is 5.49. The number of nitrogens with zero attached hydrogens (tertiary/aromatic N) is 1. The van der Waals surface area contributed by atoms with Gasteiger partial charge in [-0.25, -0.2) is 18.4 Å². The molecule has 1 aromatic carbocycles. The molecule has 1 aromatic rings. The molecule has 0 aliphatic heterocycles. The number of nitrogens with two attached hydrogens (primary N) is 1. The van der Waals surface area contributed by atoms with Crippen LogP contribution < -0.4 is 10.0 Å². The van der Waals surface area contributed by atoms with Gasteiger partial charge in [-0.2, -0.15) is 0 Å². The molecule has 19 heavy (non-hydrogen) atoms. The molecular weight excluding hydrogens is 268 g/mol. The second kappa shape index (κ2) is 5.18. The van der Waals surface area contributed by atoms with Crippen LogP contribution in [0.2, 0.25) is 0 Å². The molecule has 0 saturated heterocycles. The maximum absolute atomic E-state index is 11.3. The highest BCUT2D eigenvalue weighted by atomic mass is 32.2. The van der Waals surface area contributed by atoms with E-state index in [2.05, 4.69) is 0 Å². The average molecular weight is 286 g/mol. The van der Waals surface area contributed by atoms with Gasteiger partial charge in [0.05, 0.1) is 4.90 Å². The minimum atomic E-state index is -3.74. The van der Waals surface area contributed by atoms with E-state index in [1.807, 2.05) is 6.92 Å². The molecule has 0 spiro atoms. The van der Waals surface area contributed by atoms with Crippen molar-refractivity contribution < 1.29 is 18.3 Å². The Balaban J connectivity index is 3.18. The fraction of sp³-hybridized carbons (Fsp3) is 0.417. The van der Waals surface area contributed by atoms with Crippen molar-refractivity contribution in [3.05, 3.63) is 24.3 Å². The topological polar surface area (TPSA) is 101 Å². The summed E-state index contributed by atoms with van der Waals surface area (Å²) in [4.78, 5) is 12.9. The van der Waals surface area contributed by atoms with Crippen LogP contribution in [0.15, 0.2) is 29.2 Å². The Labute approximate surface area is 112 Å². The van der Waals surface area contributed by atoms with Crippen molar-refractivity contribution >= 4 is 21.7 Å². The number of hydrogen-bond donors (Lipinski definition) is 2. The molecule has 1 rings (SSSR count). The number of primary sulfonamides is 1. The highest BCUT2D eigenvalue weighted by Gasteiger charge is 2.33. The second-order valence-corrected chi connectivity index (χ2v) is 6.21. The Morgan fingerprint density at radius 2 is 1.79 bits per heavy atom. The Bertz CT molecular complexity index is 564. The predicted molar refractivity (Wildman–Crippen MR) is 72.6 cm³/mol. The maximum Gasteiger partial charge on any atom is 0.328 e. The van der Waals surface area contributed by atoms with Gasteiger partial charge in [-0.15, -0.1) is 0 Å². The summed E-state index contributed by atoms with van der Waals surface area (Å²) in [5.74, 6) is -0.954. The van der Waals surface area contributed by atoms with Crippen molar-refractivity contribution in [2.24, 2.45) is 5.14 Å². The first-order chi connectivity index (χ1) is 8.60. The summed E-state index contributed by atoms with van der Waals surface area (Å²) < 4.78 is 22.3. The molecule has 0 bridgehead atoms. The number of carbonyl (C=O) groups is 1. The van der Waals surface area contributed by atoms with E-state index < -0.39 is 21.5 Å². The lowest BCUT2D eigenvalue weighted by atomic mass is 10.0. The molecule has 0 amide bonds. The van der Waals surface area contributed by atoms with Crippen LogP contribution in [0.3, 0.4) is 0 Å². The standard InChI is InChI=1S/C12H18N2O4S/c1-4-14(12(2,3)11(15)16)9-5-7-10(8-6-9)19(13,17)18/h5-8H,4H2,1-3H3,(H,15,16)(H2,13,17,18). The third-order valence-corrected chi connectivity index (χ3v) is 3.92. The fourth-order valence-electron chi connectivity index (χ4n) is 1.83. The van der Waals surface area contributed by atoms with E-state index in [0.717, 1.165) is 0 Å². The lowest BCUT2D eigenvalue weighted by molar-refractivity contribution is -0.142. The van der Waals surface area contributed by atoms with Gasteiger partial charge in [0.1, 0.15) is 5.54 Å². The van der Waals surface area contributed by atoms with Crippen LogP contribution in [0.25, 0.3) is 0 Å². The minimum absolute atomic E-state index is 0.000402. The van der Waals surface area contributed by atoms with E-state index in [0.29, 0.717) is 12.2 Å². The van der Waals surface area contributed by atoms with Gasteiger partial charge in [0.25, 0.3) is 0 Å². The van der Waals surface area contributed by atoms with Gasteiger partial charge in [-0.1, -0.05) is 0 Å². The maximum atomic E-state index is 11.3. The first kappa shape index (κ1) is 15.5. The van der Waals surface area contributed by atoms with E-state index in [-0.39, 0.29) is 4.90 Å². The number of rotatable bonds is 5. The third-order valence-electron chi connectivity index (χ3n) is 2.99. The number of anilines is 1. The summed E-state index contributed by atoms with van der Waals surface area (Å²) in [5.41, 5.74) is -0.458. The normalized spacial score (nSPS) is 12.2. The predicted octanol–water partition coefficient (Wildman–Crippen LogP) is 1.02. The summed E-state index contributed by atoms with van der Waals surface area (Å²) in [5, 5.41) is 14.2. The number of hydrogen-bond acceptors (Lipinski definition) is 4. The van der Waals surface area contributed by atoms with Crippen molar-refractivity contribution in [2.75, 3.05) is 11.4 Å². The number of likely N-dealkylation sites (N-methyl/N-ethyl adjacent to an activating group) is 1. The Hall–Kier alpha value is -1.60. The molecule has 3 N–H and O–H groups in total. The number of benzene rings is 1. The zero-order valence-corrected chi connectivity index (χ0v) is 11.9. The minimum Gasteiger partial charge on any atom is -0.480 e. The molecule has 0 aliphatic rings. The Morgan fingerprint density at radius 3 is 2.11 bits per heavy atom. The van der Waals surface area contributed by atoms with E-state index >= 15 is 0 Å². The molecule has 0 radical (unpaired) electrons. The van der Waals surface area contributed by atoms with Gasteiger partial charge < -0.3 is 10.0 Å². The number of sulfonamides is 1. The fourth-order valence-corrected chi connectivity index (χ4v) is 2.35. The largest absolute Gasteiger partial charge is 0.480 e. The summed E-state index contributed by atoms with van der Waals surface area (Å²) in [6.07, 6.45) is 0. The third kappa shape index (κ3) is 3.24. The lowest BCUT2D eigenvalue weighted by Gasteiger charge is -2.36. The van der Waals surface area contributed by atoms with E-state index in [9.17, 15) is 18.3 Å². The van der Waals surface area contributed by atoms with Crippen molar-refractivity contribution in [2.45, 2.75) is 31.2 Å². The molecule has 0 aliphatic carbocycles. The average Bonchev–Trinajstić information content (AvgIpc) is 2.28. The molecular formula is C12H18N2O4S. The van der Waals surface area contributed by atoms with Crippen LogP contribution in [-0.2, 0) is 14.8 Å². The van der Waals surface area contributed by atoms with Crippen LogP contribution in [-0.4, -0.2) is 31.6 Å². The smallest absolute Gasteiger partial charge is 0.328 e. The molecule has 0 unspecified atom stereocenters. The van der Waals surface area contributed by atoms with E-state index in [1.165, 1.54) is 12.1 Å². The van der Waals surface area contributed by atoms with Crippen LogP contribution in [0.5, 0.6) is 0 Å². The monoisotopic (exact) mass is 286 g/mol. The number of aliphatic carboxylic acids is 1. The quantitative estimate of drug-likeness (QED) is 0.841. The van der Waals surface area contributed by atoms with Crippen LogP contribution in [0, 0.1) is 0 Å². The van der Waals surface area contributed by atoms with Gasteiger partial charge in [0.15, 0.2) is 0 Å². The van der Waals surface area contributed by atoms with Crippen molar-refractivity contribution in [1.82, 2.24) is 0 Å². The van der Waals surface area contributed by atoms with Crippen molar-refractivity contribution in [1.29, 1.82) is 0 Å². The van der Waals surface area contributed by atoms with Gasteiger partial charge in [-0.3, -0.25) is 0 Å². The first-order valence-corrected chi connectivity index (χ1v) is 7.29. The molecule has 0 saturated carbocycles. The van der Waals surface area contributed by atoms with Crippen molar-refractivity contribution in [3.63, 3.8) is 0 Å². The molecule has 0 aromatic heterocycles. The highest BCUT2D eigenvalue weighted by molar-refractivity contribution is 7.89. The molecule has 0 fully saturated rings. The zero-order chi connectivity index (χ0) is 14.8. The lowest BCUT2D eigenvalue weighted by Crippen LogP contribution is -2.50. The summed E-state index contributed by atoms with van der Waals surface area (Å²) in [6, 6.07) is 5.83. The highest BCUT2D eigenvalue weighted by Crippen LogP contribution is 2.25. The van der Waals surface area contributed by atoms with Crippen molar-refractivity contribution in [3.8, 4) is 0 Å². The molecule has 0 atom stereocenters. The van der Waals surface area contributed by atoms with Gasteiger partial charge in [0.2, 0.25) is 10.0 Å². The van der Waals surface area contributed by atoms with Crippen LogP contribution in [0.4, 0.5) is 5.69 Å². The summed E-state index contributed by atoms with van der Waals surface area (Å²) >= 11 is 0. The second-order valence-electron chi connectivity index (χ2n) is 4.65. The molecule has 6 nitrogen and oxygen atoms in total. The number of carboxylic acids is 1. The van der Waals surface area contributed by atoms with Crippen LogP contribution in [0.1, 0.15) is 20.8 Å². The van der Waals surface area contributed by atoms with Gasteiger partial charge in [-0.05, 0) is 45.0 Å². The van der Waals surface area contributed by atoms with Crippen LogP contribution >= 0.6 is 0 Å². The number of carboxylic acid groups (broad SMARTS) is 1. The van der Waals surface area contributed by atoms with Gasteiger partial charge >= 0.3 is 5.97 Å². The Morgan fingerprint density at radius 1 is 1.32 bits per heavy atom. The zero-order valence-electron chi connectivity index (χ0n) is 11.1. The molecule has 7 heteroatoms. The van der Waals surface area contributed by atoms with E-state index in [4.69, 9.17) is 5.14 Å². The van der Waals surface area contributed by atoms with Gasteiger partial charge in [0, 0.05) is 12.2 Å². The SMILES string of the molecule is CCN(c1ccc(S(N)(=O)=O)cc1)C(C)(C)C(=O)O. The Kier molecular flexibility index (Phi) is 4.21.